The molecule has 1 N–H and O–H groups in total. The van der Waals surface area contributed by atoms with Crippen molar-refractivity contribution in [3.63, 3.8) is 0 Å². The largest absolute Gasteiger partial charge is 0.449 e. The molecule has 8 nitrogen and oxygen atoms in total. The lowest BCUT2D eigenvalue weighted by atomic mass is 9.81. The fraction of sp³-hybridized carbons (Fsp3) is 0.324. The smallest absolute Gasteiger partial charge is 0.418 e. The average molecular weight is 585 g/mol. The number of fused-ring (bicyclic) bond motifs is 3. The van der Waals surface area contributed by atoms with E-state index in [9.17, 15) is 18.8 Å². The van der Waals surface area contributed by atoms with Crippen molar-refractivity contribution in [1.29, 1.82) is 0 Å². The highest BCUT2D eigenvalue weighted by Gasteiger charge is 2.42. The van der Waals surface area contributed by atoms with Gasteiger partial charge in [-0.2, -0.15) is 0 Å². The number of rotatable bonds is 6. The van der Waals surface area contributed by atoms with Crippen LogP contribution >= 0.6 is 0 Å². The van der Waals surface area contributed by atoms with E-state index in [1.165, 1.54) is 24.3 Å². The monoisotopic (exact) mass is 584 g/mol. The van der Waals surface area contributed by atoms with Gasteiger partial charge in [0.05, 0.1) is 19.2 Å². The standard InChI is InChI=1S/C34H37FN4O4/c1-6-43-33(42)39-28-14-10-13-25(38(32(41)37(4)5)21-22-11-8-7-9-12-22)19-26(28)30-29(39)20-27(36-34(30,2)3)31(40)23-15-17-24(35)18-16-23/h7-13,15-19,27,36H,6,14,20-21H2,1-5H3. The van der Waals surface area contributed by atoms with Crippen LogP contribution in [0.1, 0.15) is 59.2 Å². The van der Waals surface area contributed by atoms with E-state index >= 15 is 0 Å². The van der Waals surface area contributed by atoms with Crippen LogP contribution in [0.15, 0.2) is 72.4 Å². The van der Waals surface area contributed by atoms with Crippen molar-refractivity contribution in [2.45, 2.75) is 51.7 Å². The minimum atomic E-state index is -0.739. The van der Waals surface area contributed by atoms with E-state index in [2.05, 4.69) is 5.32 Å². The third-order valence-corrected chi connectivity index (χ3v) is 7.86. The number of aromatic nitrogens is 1. The molecule has 1 aliphatic heterocycles. The first kappa shape index (κ1) is 30.0. The van der Waals surface area contributed by atoms with Crippen LogP contribution in [0.3, 0.4) is 0 Å². The zero-order valence-corrected chi connectivity index (χ0v) is 25.2. The molecule has 2 aliphatic rings. The number of hydrogen-bond acceptors (Lipinski definition) is 5. The molecule has 2 amide bonds. The lowest BCUT2D eigenvalue weighted by Crippen LogP contribution is -2.53. The molecule has 3 aromatic rings. The fourth-order valence-electron chi connectivity index (χ4n) is 6.01. The van der Waals surface area contributed by atoms with Crippen LogP contribution in [0.5, 0.6) is 0 Å². The van der Waals surface area contributed by atoms with Gasteiger partial charge in [-0.1, -0.05) is 36.4 Å². The van der Waals surface area contributed by atoms with Crippen molar-refractivity contribution in [3.8, 4) is 0 Å². The lowest BCUT2D eigenvalue weighted by molar-refractivity contribution is 0.0910. The summed E-state index contributed by atoms with van der Waals surface area (Å²) in [5.41, 5.74) is 4.42. The number of Topliss-reactive ketones (excluding diaryl/α,β-unsaturated/α-hetero) is 1. The maximum absolute atomic E-state index is 13.6. The molecule has 0 saturated carbocycles. The van der Waals surface area contributed by atoms with E-state index in [0.29, 0.717) is 29.9 Å². The highest BCUT2D eigenvalue weighted by atomic mass is 19.1. The molecule has 1 unspecified atom stereocenters. The maximum Gasteiger partial charge on any atom is 0.418 e. The Morgan fingerprint density at radius 3 is 2.40 bits per heavy atom. The second kappa shape index (κ2) is 12.0. The van der Waals surface area contributed by atoms with Crippen molar-refractivity contribution in [1.82, 2.24) is 19.7 Å². The van der Waals surface area contributed by atoms with Gasteiger partial charge in [-0.05, 0) is 62.8 Å². The number of carbonyl (C=O) groups is 3. The quantitative estimate of drug-likeness (QED) is 0.365. The normalized spacial score (nSPS) is 16.8. The van der Waals surface area contributed by atoms with Crippen LogP contribution in [0.2, 0.25) is 0 Å². The zero-order chi connectivity index (χ0) is 30.9. The Balaban J connectivity index is 1.65. The van der Waals surface area contributed by atoms with Crippen molar-refractivity contribution in [3.05, 3.63) is 112 Å². The summed E-state index contributed by atoms with van der Waals surface area (Å²) < 4.78 is 20.7. The van der Waals surface area contributed by atoms with Crippen molar-refractivity contribution in [2.75, 3.05) is 20.7 Å². The Morgan fingerprint density at radius 1 is 1.05 bits per heavy atom. The van der Waals surface area contributed by atoms with E-state index in [0.717, 1.165) is 22.4 Å². The van der Waals surface area contributed by atoms with Crippen LogP contribution in [-0.2, 0) is 29.7 Å². The van der Waals surface area contributed by atoms with Gasteiger partial charge in [-0.25, -0.2) is 14.0 Å². The molecule has 2 aromatic carbocycles. The number of carbonyl (C=O) groups excluding carboxylic acids is 3. The Hall–Kier alpha value is -4.50. The Labute approximate surface area is 251 Å². The number of urea groups is 1. The SMILES string of the molecule is CCOC(=O)n1c2c(c3c1CC(C(=O)c1ccc(F)cc1)NC3(C)C)C=C(N(Cc1ccccc1)C(=O)N(C)C)C=CC2. The molecular weight excluding hydrogens is 547 g/mol. The molecule has 1 aromatic heterocycles. The lowest BCUT2D eigenvalue weighted by Gasteiger charge is -2.38. The number of halogens is 1. The van der Waals surface area contributed by atoms with E-state index < -0.39 is 23.5 Å². The molecule has 0 bridgehead atoms. The molecule has 0 spiro atoms. The summed E-state index contributed by atoms with van der Waals surface area (Å²) in [6, 6.07) is 14.4. The first-order chi connectivity index (χ1) is 20.5. The number of hydrogen-bond donors (Lipinski definition) is 1. The third kappa shape index (κ3) is 5.90. The molecule has 0 saturated heterocycles. The molecule has 9 heteroatoms. The van der Waals surface area contributed by atoms with Gasteiger partial charge in [0, 0.05) is 66.3 Å². The molecular formula is C34H37FN4O4. The minimum absolute atomic E-state index is 0.177. The van der Waals surface area contributed by atoms with Crippen LogP contribution in [0.4, 0.5) is 14.0 Å². The van der Waals surface area contributed by atoms with Gasteiger partial charge in [0.1, 0.15) is 5.82 Å². The predicted molar refractivity (Wildman–Crippen MR) is 163 cm³/mol. The molecule has 224 valence electrons. The van der Waals surface area contributed by atoms with Gasteiger partial charge >= 0.3 is 12.1 Å². The van der Waals surface area contributed by atoms with E-state index in [1.54, 1.807) is 35.4 Å². The second-order valence-electron chi connectivity index (χ2n) is 11.5. The van der Waals surface area contributed by atoms with Gasteiger partial charge < -0.3 is 9.64 Å². The van der Waals surface area contributed by atoms with Crippen LogP contribution in [0.25, 0.3) is 6.08 Å². The number of allylic oxidation sites excluding steroid dienone is 2. The molecule has 1 aliphatic carbocycles. The third-order valence-electron chi connectivity index (χ3n) is 7.86. The van der Waals surface area contributed by atoms with Gasteiger partial charge in [0.2, 0.25) is 0 Å². The summed E-state index contributed by atoms with van der Waals surface area (Å²) in [7, 11) is 3.44. The van der Waals surface area contributed by atoms with Crippen LogP contribution in [0, 0.1) is 5.82 Å². The number of nitrogens with zero attached hydrogens (tertiary/aromatic N) is 3. The maximum atomic E-state index is 13.6. The van der Waals surface area contributed by atoms with Gasteiger partial charge in [0.15, 0.2) is 5.78 Å². The fourth-order valence-corrected chi connectivity index (χ4v) is 6.01. The van der Waals surface area contributed by atoms with Crippen LogP contribution < -0.4 is 5.32 Å². The highest BCUT2D eigenvalue weighted by molar-refractivity contribution is 6.00. The van der Waals surface area contributed by atoms with E-state index in [4.69, 9.17) is 4.74 Å². The second-order valence-corrected chi connectivity index (χ2v) is 11.5. The Morgan fingerprint density at radius 2 is 1.74 bits per heavy atom. The van der Waals surface area contributed by atoms with Crippen molar-refractivity contribution in [2.24, 2.45) is 0 Å². The minimum Gasteiger partial charge on any atom is -0.449 e. The van der Waals surface area contributed by atoms with Gasteiger partial charge in [-0.3, -0.25) is 19.6 Å². The first-order valence-electron chi connectivity index (χ1n) is 14.4. The molecule has 5 rings (SSSR count). The molecule has 1 atom stereocenters. The Kier molecular flexibility index (Phi) is 8.37. The summed E-state index contributed by atoms with van der Waals surface area (Å²) in [6.07, 6.45) is 5.96. The first-order valence-corrected chi connectivity index (χ1v) is 14.4. The van der Waals surface area contributed by atoms with Gasteiger partial charge in [0.25, 0.3) is 0 Å². The summed E-state index contributed by atoms with van der Waals surface area (Å²) in [6.45, 7) is 6.26. The average Bonchev–Trinajstić information content (AvgIpc) is 3.14. The predicted octanol–water partition coefficient (Wildman–Crippen LogP) is 5.90. The van der Waals surface area contributed by atoms with Gasteiger partial charge in [-0.15, -0.1) is 0 Å². The molecule has 0 fully saturated rings. The molecule has 0 radical (unpaired) electrons. The van der Waals surface area contributed by atoms with Crippen LogP contribution in [-0.4, -0.2) is 59.0 Å². The number of ketones is 1. The highest BCUT2D eigenvalue weighted by Crippen LogP contribution is 2.40. The summed E-state index contributed by atoms with van der Waals surface area (Å²) in [5, 5.41) is 3.49. The van der Waals surface area contributed by atoms with E-state index in [-0.39, 0.29) is 24.8 Å². The number of ether oxygens (including phenoxy) is 1. The van der Waals surface area contributed by atoms with Crippen molar-refractivity contribution >= 4 is 24.0 Å². The topological polar surface area (TPSA) is 83.9 Å². The molecule has 43 heavy (non-hydrogen) atoms. The number of amides is 2. The number of nitrogens with one attached hydrogen (secondary N) is 1. The molecule has 2 heterocycles. The summed E-state index contributed by atoms with van der Waals surface area (Å²) >= 11 is 0. The summed E-state index contributed by atoms with van der Waals surface area (Å²) in [4.78, 5) is 43.8. The summed E-state index contributed by atoms with van der Waals surface area (Å²) in [5.74, 6) is -0.604. The zero-order valence-electron chi connectivity index (χ0n) is 25.2. The number of benzene rings is 2. The Bertz CT molecular complexity index is 1600. The van der Waals surface area contributed by atoms with E-state index in [1.807, 2.05) is 62.4 Å². The van der Waals surface area contributed by atoms with Crippen molar-refractivity contribution < 1.29 is 23.5 Å².